The molecule has 0 aliphatic carbocycles. The van der Waals surface area contributed by atoms with E-state index in [9.17, 15) is 9.59 Å². The number of carbonyl (C=O) groups excluding carboxylic acids is 2. The highest BCUT2D eigenvalue weighted by molar-refractivity contribution is 5.97. The summed E-state index contributed by atoms with van der Waals surface area (Å²) in [7, 11) is 0. The minimum atomic E-state index is -0.962. The van der Waals surface area contributed by atoms with Crippen molar-refractivity contribution >= 4 is 23.3 Å². The normalized spacial score (nSPS) is 11.1. The summed E-state index contributed by atoms with van der Waals surface area (Å²) in [6.07, 6.45) is -0.962. The fourth-order valence-corrected chi connectivity index (χ4v) is 1.77. The minimum absolute atomic E-state index is 0.317. The van der Waals surface area contributed by atoms with Gasteiger partial charge < -0.3 is 15.8 Å². The van der Waals surface area contributed by atoms with Crippen molar-refractivity contribution in [2.24, 2.45) is 0 Å². The van der Waals surface area contributed by atoms with Gasteiger partial charge in [0.15, 0.2) is 6.10 Å². The molecule has 0 radical (unpaired) electrons. The van der Waals surface area contributed by atoms with Crippen molar-refractivity contribution in [3.63, 3.8) is 0 Å². The number of rotatable bonds is 4. The SMILES string of the molecule is C[C@H](OC(=O)c1ccc(N)cc1)C(=O)Nc1ccc(C#N)cc1. The number of nitriles is 1. The van der Waals surface area contributed by atoms with E-state index in [-0.39, 0.29) is 0 Å². The number of hydrogen-bond acceptors (Lipinski definition) is 5. The van der Waals surface area contributed by atoms with Gasteiger partial charge in [0.05, 0.1) is 17.2 Å². The highest BCUT2D eigenvalue weighted by Crippen LogP contribution is 2.11. The van der Waals surface area contributed by atoms with E-state index < -0.39 is 18.0 Å². The van der Waals surface area contributed by atoms with E-state index in [0.717, 1.165) is 0 Å². The third-order valence-corrected chi connectivity index (χ3v) is 3.08. The number of benzene rings is 2. The molecule has 0 saturated heterocycles. The Morgan fingerprint density at radius 2 is 1.74 bits per heavy atom. The van der Waals surface area contributed by atoms with Gasteiger partial charge >= 0.3 is 5.97 Å². The van der Waals surface area contributed by atoms with Crippen molar-refractivity contribution in [1.82, 2.24) is 0 Å². The molecule has 0 aromatic heterocycles. The summed E-state index contributed by atoms with van der Waals surface area (Å²) < 4.78 is 5.11. The number of nitrogens with one attached hydrogen (secondary N) is 1. The lowest BCUT2D eigenvalue weighted by molar-refractivity contribution is -0.123. The molecule has 0 aliphatic heterocycles. The Morgan fingerprint density at radius 1 is 1.13 bits per heavy atom. The number of ether oxygens (including phenoxy) is 1. The van der Waals surface area contributed by atoms with Gasteiger partial charge in [-0.25, -0.2) is 4.79 Å². The molecule has 0 heterocycles. The first-order valence-electron chi connectivity index (χ1n) is 6.87. The number of carbonyl (C=O) groups is 2. The molecule has 6 heteroatoms. The second-order valence-corrected chi connectivity index (χ2v) is 4.85. The number of nitrogen functional groups attached to an aromatic ring is 1. The van der Waals surface area contributed by atoms with Gasteiger partial charge in [-0.15, -0.1) is 0 Å². The third kappa shape index (κ3) is 4.32. The van der Waals surface area contributed by atoms with Crippen molar-refractivity contribution in [3.8, 4) is 6.07 Å². The Hall–Kier alpha value is -3.33. The predicted octanol–water partition coefficient (Wildman–Crippen LogP) is 2.32. The molecular formula is C17H15N3O3. The molecule has 3 N–H and O–H groups in total. The molecule has 0 unspecified atom stereocenters. The zero-order valence-corrected chi connectivity index (χ0v) is 12.4. The second kappa shape index (κ2) is 7.09. The molecule has 116 valence electrons. The third-order valence-electron chi connectivity index (χ3n) is 3.08. The van der Waals surface area contributed by atoms with Crippen LogP contribution in [0.2, 0.25) is 0 Å². The fraction of sp³-hybridized carbons (Fsp3) is 0.118. The van der Waals surface area contributed by atoms with E-state index in [4.69, 9.17) is 15.7 Å². The van der Waals surface area contributed by atoms with E-state index in [1.807, 2.05) is 6.07 Å². The summed E-state index contributed by atoms with van der Waals surface area (Å²) in [5, 5.41) is 11.3. The van der Waals surface area contributed by atoms with Crippen LogP contribution < -0.4 is 11.1 Å². The van der Waals surface area contributed by atoms with Crippen LogP contribution in [-0.2, 0) is 9.53 Å². The van der Waals surface area contributed by atoms with Gasteiger partial charge in [0.25, 0.3) is 5.91 Å². The zero-order valence-electron chi connectivity index (χ0n) is 12.4. The highest BCUT2D eigenvalue weighted by atomic mass is 16.5. The molecule has 6 nitrogen and oxygen atoms in total. The number of nitrogens with two attached hydrogens (primary N) is 1. The van der Waals surface area contributed by atoms with Crippen molar-refractivity contribution < 1.29 is 14.3 Å². The molecule has 0 bridgehead atoms. The van der Waals surface area contributed by atoms with Crippen LogP contribution in [0.4, 0.5) is 11.4 Å². The summed E-state index contributed by atoms with van der Waals surface area (Å²) in [5.74, 6) is -1.06. The van der Waals surface area contributed by atoms with Crippen molar-refractivity contribution in [1.29, 1.82) is 5.26 Å². The Labute approximate surface area is 133 Å². The first kappa shape index (κ1) is 16.0. The quantitative estimate of drug-likeness (QED) is 0.666. The van der Waals surface area contributed by atoms with Crippen LogP contribution in [0.5, 0.6) is 0 Å². The maximum atomic E-state index is 12.0. The fourth-order valence-electron chi connectivity index (χ4n) is 1.77. The topological polar surface area (TPSA) is 105 Å². The molecule has 1 amide bonds. The molecule has 0 saturated carbocycles. The number of nitrogens with zero attached hydrogens (tertiary/aromatic N) is 1. The lowest BCUT2D eigenvalue weighted by Gasteiger charge is -2.13. The number of hydrogen-bond donors (Lipinski definition) is 2. The zero-order chi connectivity index (χ0) is 16.8. The van der Waals surface area contributed by atoms with Crippen LogP contribution >= 0.6 is 0 Å². The summed E-state index contributed by atoms with van der Waals surface area (Å²) in [4.78, 5) is 23.9. The molecule has 2 rings (SSSR count). The Kier molecular flexibility index (Phi) is 4.95. The van der Waals surface area contributed by atoms with Crippen molar-refractivity contribution in [2.45, 2.75) is 13.0 Å². The molecule has 1 atom stereocenters. The maximum absolute atomic E-state index is 12.0. The van der Waals surface area contributed by atoms with Gasteiger partial charge in [-0.3, -0.25) is 4.79 Å². The monoisotopic (exact) mass is 309 g/mol. The first-order chi connectivity index (χ1) is 11.0. The van der Waals surface area contributed by atoms with Gasteiger partial charge in [-0.1, -0.05) is 0 Å². The highest BCUT2D eigenvalue weighted by Gasteiger charge is 2.19. The summed E-state index contributed by atoms with van der Waals surface area (Å²) in [6.45, 7) is 1.48. The number of anilines is 2. The first-order valence-corrected chi connectivity index (χ1v) is 6.87. The van der Waals surface area contributed by atoms with Gasteiger partial charge in [0.2, 0.25) is 0 Å². The molecular weight excluding hydrogens is 294 g/mol. The molecule has 2 aromatic carbocycles. The number of esters is 1. The Bertz CT molecular complexity index is 746. The van der Waals surface area contributed by atoms with Crippen LogP contribution in [0, 0.1) is 11.3 Å². The van der Waals surface area contributed by atoms with Crippen LogP contribution in [0.1, 0.15) is 22.8 Å². The smallest absolute Gasteiger partial charge is 0.338 e. The predicted molar refractivity (Wildman–Crippen MR) is 85.5 cm³/mol. The Morgan fingerprint density at radius 3 is 2.30 bits per heavy atom. The Balaban J connectivity index is 1.95. The summed E-state index contributed by atoms with van der Waals surface area (Å²) in [5.41, 5.74) is 7.41. The average Bonchev–Trinajstić information content (AvgIpc) is 2.56. The summed E-state index contributed by atoms with van der Waals surface area (Å²) >= 11 is 0. The lowest BCUT2D eigenvalue weighted by Crippen LogP contribution is -2.30. The molecule has 0 aliphatic rings. The van der Waals surface area contributed by atoms with Crippen LogP contribution in [0.3, 0.4) is 0 Å². The largest absolute Gasteiger partial charge is 0.449 e. The minimum Gasteiger partial charge on any atom is -0.449 e. The van der Waals surface area contributed by atoms with E-state index in [1.165, 1.54) is 19.1 Å². The van der Waals surface area contributed by atoms with E-state index in [1.54, 1.807) is 36.4 Å². The standard InChI is InChI=1S/C17H15N3O3/c1-11(23-17(22)13-4-6-14(19)7-5-13)16(21)20-15-8-2-12(10-18)3-9-15/h2-9,11H,19H2,1H3,(H,20,21)/t11-/m0/s1. The second-order valence-electron chi connectivity index (χ2n) is 4.85. The molecule has 2 aromatic rings. The average molecular weight is 309 g/mol. The van der Waals surface area contributed by atoms with Gasteiger partial charge in [0, 0.05) is 11.4 Å². The van der Waals surface area contributed by atoms with Gasteiger partial charge in [-0.05, 0) is 55.5 Å². The molecule has 0 spiro atoms. The summed E-state index contributed by atoms with van der Waals surface area (Å²) in [6, 6.07) is 14.6. The van der Waals surface area contributed by atoms with Crippen LogP contribution in [-0.4, -0.2) is 18.0 Å². The van der Waals surface area contributed by atoms with Crippen LogP contribution in [0.25, 0.3) is 0 Å². The van der Waals surface area contributed by atoms with Gasteiger partial charge in [-0.2, -0.15) is 5.26 Å². The maximum Gasteiger partial charge on any atom is 0.338 e. The van der Waals surface area contributed by atoms with Gasteiger partial charge in [0.1, 0.15) is 0 Å². The molecule has 23 heavy (non-hydrogen) atoms. The lowest BCUT2D eigenvalue weighted by atomic mass is 10.2. The van der Waals surface area contributed by atoms with E-state index in [2.05, 4.69) is 5.32 Å². The van der Waals surface area contributed by atoms with E-state index in [0.29, 0.717) is 22.5 Å². The van der Waals surface area contributed by atoms with Crippen molar-refractivity contribution in [2.75, 3.05) is 11.1 Å². The molecule has 0 fully saturated rings. The van der Waals surface area contributed by atoms with Crippen LogP contribution in [0.15, 0.2) is 48.5 Å². The van der Waals surface area contributed by atoms with Crippen molar-refractivity contribution in [3.05, 3.63) is 59.7 Å². The van der Waals surface area contributed by atoms with E-state index >= 15 is 0 Å². The number of amides is 1.